The summed E-state index contributed by atoms with van der Waals surface area (Å²) in [4.78, 5) is 16.3. The zero-order valence-corrected chi connectivity index (χ0v) is 14.2. The quantitative estimate of drug-likeness (QED) is 0.904. The second-order valence-corrected chi connectivity index (χ2v) is 7.35. The molecule has 2 N–H and O–H groups in total. The van der Waals surface area contributed by atoms with Gasteiger partial charge in [-0.05, 0) is 57.3 Å². The highest BCUT2D eigenvalue weighted by molar-refractivity contribution is 5.76. The van der Waals surface area contributed by atoms with Gasteiger partial charge in [0.15, 0.2) is 0 Å². The molecular weight excluding hydrogens is 286 g/mol. The van der Waals surface area contributed by atoms with Crippen molar-refractivity contribution in [3.8, 4) is 0 Å². The van der Waals surface area contributed by atoms with Gasteiger partial charge in [-0.25, -0.2) is 0 Å². The Morgan fingerprint density at radius 2 is 1.74 bits per heavy atom. The molecule has 2 saturated heterocycles. The van der Waals surface area contributed by atoms with E-state index in [1.165, 1.54) is 37.2 Å². The second kappa shape index (κ2) is 7.45. The molecule has 1 aromatic carbocycles. The summed E-state index contributed by atoms with van der Waals surface area (Å²) in [6.45, 7) is 8.84. The van der Waals surface area contributed by atoms with Gasteiger partial charge in [-0.15, -0.1) is 0 Å². The molecule has 1 aromatic rings. The predicted molar refractivity (Wildman–Crippen MR) is 92.9 cm³/mol. The van der Waals surface area contributed by atoms with E-state index >= 15 is 0 Å². The Kier molecular flexibility index (Phi) is 5.34. The van der Waals surface area contributed by atoms with Gasteiger partial charge in [0, 0.05) is 25.6 Å². The lowest BCUT2D eigenvalue weighted by Gasteiger charge is -2.32. The Morgan fingerprint density at radius 1 is 1.09 bits per heavy atom. The molecule has 2 fully saturated rings. The number of carbonyl (C=O) groups excluding carboxylic acids is 1. The van der Waals surface area contributed by atoms with E-state index in [9.17, 15) is 4.79 Å². The predicted octanol–water partition coefficient (Wildman–Crippen LogP) is 2.01. The van der Waals surface area contributed by atoms with Crippen molar-refractivity contribution >= 4 is 5.91 Å². The molecule has 2 aliphatic rings. The summed E-state index contributed by atoms with van der Waals surface area (Å²) in [7, 11) is 0. The van der Waals surface area contributed by atoms with E-state index in [1.54, 1.807) is 0 Å². The molecule has 0 spiro atoms. The standard InChI is InChI=1S/C19H29N3O/c1-15-2-4-16(5-3-15)12-22-9-6-17(14-22)13-21-10-7-18(8-11-21)19(20)23/h2-5,17-18H,6-14H2,1H3,(H2,20,23). The van der Waals surface area contributed by atoms with Crippen molar-refractivity contribution in [3.63, 3.8) is 0 Å². The van der Waals surface area contributed by atoms with Gasteiger partial charge in [0.1, 0.15) is 0 Å². The first-order chi connectivity index (χ1) is 11.1. The Balaban J connectivity index is 1.42. The van der Waals surface area contributed by atoms with E-state index in [4.69, 9.17) is 5.73 Å². The van der Waals surface area contributed by atoms with Gasteiger partial charge in [-0.2, -0.15) is 0 Å². The summed E-state index contributed by atoms with van der Waals surface area (Å²) in [5.41, 5.74) is 8.15. The third kappa shape index (κ3) is 4.55. The van der Waals surface area contributed by atoms with Gasteiger partial charge in [0.25, 0.3) is 0 Å². The normalized spacial score (nSPS) is 24.1. The van der Waals surface area contributed by atoms with Crippen molar-refractivity contribution in [2.45, 2.75) is 32.7 Å². The molecule has 3 rings (SSSR count). The smallest absolute Gasteiger partial charge is 0.220 e. The summed E-state index contributed by atoms with van der Waals surface area (Å²) >= 11 is 0. The van der Waals surface area contributed by atoms with Crippen LogP contribution in [0.1, 0.15) is 30.4 Å². The number of piperidine rings is 1. The second-order valence-electron chi connectivity index (χ2n) is 7.35. The van der Waals surface area contributed by atoms with Crippen LogP contribution in [0.2, 0.25) is 0 Å². The number of nitrogens with zero attached hydrogens (tertiary/aromatic N) is 2. The van der Waals surface area contributed by atoms with E-state index < -0.39 is 0 Å². The topological polar surface area (TPSA) is 49.6 Å². The summed E-state index contributed by atoms with van der Waals surface area (Å²) in [5.74, 6) is 0.758. The first-order valence-electron chi connectivity index (χ1n) is 8.90. The number of hydrogen-bond donors (Lipinski definition) is 1. The minimum atomic E-state index is -0.116. The highest BCUT2D eigenvalue weighted by Crippen LogP contribution is 2.23. The molecule has 0 aliphatic carbocycles. The van der Waals surface area contributed by atoms with E-state index in [0.29, 0.717) is 0 Å². The number of aryl methyl sites for hydroxylation is 1. The molecule has 0 bridgehead atoms. The molecule has 0 radical (unpaired) electrons. The van der Waals surface area contributed by atoms with Crippen LogP contribution in [-0.2, 0) is 11.3 Å². The number of hydrogen-bond acceptors (Lipinski definition) is 3. The molecule has 0 aromatic heterocycles. The van der Waals surface area contributed by atoms with Crippen molar-refractivity contribution in [3.05, 3.63) is 35.4 Å². The van der Waals surface area contributed by atoms with Crippen molar-refractivity contribution in [1.82, 2.24) is 9.80 Å². The highest BCUT2D eigenvalue weighted by Gasteiger charge is 2.28. The van der Waals surface area contributed by atoms with Crippen LogP contribution in [-0.4, -0.2) is 48.4 Å². The minimum absolute atomic E-state index is 0.105. The van der Waals surface area contributed by atoms with Gasteiger partial charge in [-0.1, -0.05) is 29.8 Å². The number of rotatable bonds is 5. The lowest BCUT2D eigenvalue weighted by atomic mass is 9.95. The summed E-state index contributed by atoms with van der Waals surface area (Å²) < 4.78 is 0. The van der Waals surface area contributed by atoms with E-state index in [1.807, 2.05) is 0 Å². The van der Waals surface area contributed by atoms with Gasteiger partial charge in [-0.3, -0.25) is 9.69 Å². The third-order valence-corrected chi connectivity index (χ3v) is 5.40. The number of primary amides is 1. The molecule has 1 amide bonds. The van der Waals surface area contributed by atoms with Crippen LogP contribution in [0.4, 0.5) is 0 Å². The van der Waals surface area contributed by atoms with E-state index in [-0.39, 0.29) is 11.8 Å². The minimum Gasteiger partial charge on any atom is -0.369 e. The largest absolute Gasteiger partial charge is 0.369 e. The monoisotopic (exact) mass is 315 g/mol. The first kappa shape index (κ1) is 16.5. The lowest BCUT2D eigenvalue weighted by molar-refractivity contribution is -0.123. The molecule has 1 unspecified atom stereocenters. The third-order valence-electron chi connectivity index (χ3n) is 5.40. The average molecular weight is 315 g/mol. The number of amides is 1. The lowest BCUT2D eigenvalue weighted by Crippen LogP contribution is -2.41. The summed E-state index contributed by atoms with van der Waals surface area (Å²) in [5, 5.41) is 0. The zero-order chi connectivity index (χ0) is 16.2. The maximum absolute atomic E-state index is 11.2. The van der Waals surface area contributed by atoms with Crippen LogP contribution in [0, 0.1) is 18.8 Å². The maximum Gasteiger partial charge on any atom is 0.220 e. The fourth-order valence-corrected chi connectivity index (χ4v) is 3.92. The molecule has 2 heterocycles. The van der Waals surface area contributed by atoms with Gasteiger partial charge in [0.2, 0.25) is 5.91 Å². The van der Waals surface area contributed by atoms with Crippen molar-refractivity contribution in [2.24, 2.45) is 17.6 Å². The Bertz CT molecular complexity index is 520. The molecule has 2 aliphatic heterocycles. The molecular formula is C19H29N3O. The molecule has 1 atom stereocenters. The number of nitrogens with two attached hydrogens (primary N) is 1. The fourth-order valence-electron chi connectivity index (χ4n) is 3.92. The van der Waals surface area contributed by atoms with Gasteiger partial charge in [0.05, 0.1) is 0 Å². The SMILES string of the molecule is Cc1ccc(CN2CCC(CN3CCC(C(N)=O)CC3)C2)cc1. The Hall–Kier alpha value is -1.39. The van der Waals surface area contributed by atoms with Crippen LogP contribution < -0.4 is 5.73 Å². The molecule has 4 heteroatoms. The number of likely N-dealkylation sites (tertiary alicyclic amines) is 2. The first-order valence-corrected chi connectivity index (χ1v) is 8.90. The molecule has 4 nitrogen and oxygen atoms in total. The molecule has 126 valence electrons. The van der Waals surface area contributed by atoms with Crippen LogP contribution in [0.3, 0.4) is 0 Å². The van der Waals surface area contributed by atoms with E-state index in [0.717, 1.165) is 38.4 Å². The fraction of sp³-hybridized carbons (Fsp3) is 0.632. The summed E-state index contributed by atoms with van der Waals surface area (Å²) in [6.07, 6.45) is 3.17. The maximum atomic E-state index is 11.2. The van der Waals surface area contributed by atoms with Crippen LogP contribution in [0.5, 0.6) is 0 Å². The van der Waals surface area contributed by atoms with Crippen LogP contribution >= 0.6 is 0 Å². The molecule has 23 heavy (non-hydrogen) atoms. The van der Waals surface area contributed by atoms with Crippen LogP contribution in [0.25, 0.3) is 0 Å². The van der Waals surface area contributed by atoms with Crippen molar-refractivity contribution in [2.75, 3.05) is 32.7 Å². The zero-order valence-electron chi connectivity index (χ0n) is 14.2. The van der Waals surface area contributed by atoms with Gasteiger partial charge >= 0.3 is 0 Å². The Morgan fingerprint density at radius 3 is 2.39 bits per heavy atom. The van der Waals surface area contributed by atoms with Gasteiger partial charge < -0.3 is 10.6 Å². The van der Waals surface area contributed by atoms with Crippen molar-refractivity contribution < 1.29 is 4.79 Å². The average Bonchev–Trinajstić information content (AvgIpc) is 2.97. The number of benzene rings is 1. The van der Waals surface area contributed by atoms with Crippen molar-refractivity contribution in [1.29, 1.82) is 0 Å². The summed E-state index contributed by atoms with van der Waals surface area (Å²) in [6, 6.07) is 8.89. The number of carbonyl (C=O) groups is 1. The van der Waals surface area contributed by atoms with E-state index in [2.05, 4.69) is 41.0 Å². The van der Waals surface area contributed by atoms with Crippen LogP contribution in [0.15, 0.2) is 24.3 Å². The molecule has 0 saturated carbocycles. The highest BCUT2D eigenvalue weighted by atomic mass is 16.1. The Labute approximate surface area is 139 Å².